The number of halogens is 4. The molecule has 0 spiro atoms. The summed E-state index contributed by atoms with van der Waals surface area (Å²) in [7, 11) is 0. The van der Waals surface area contributed by atoms with Crippen molar-refractivity contribution in [3.8, 4) is 0 Å². The van der Waals surface area contributed by atoms with Crippen LogP contribution >= 0.6 is 0 Å². The molecule has 1 amide bonds. The van der Waals surface area contributed by atoms with E-state index in [1.165, 1.54) is 12.1 Å². The Morgan fingerprint density at radius 3 is 2.62 bits per heavy atom. The van der Waals surface area contributed by atoms with E-state index in [4.69, 9.17) is 4.74 Å². The van der Waals surface area contributed by atoms with Gasteiger partial charge >= 0.3 is 6.18 Å². The van der Waals surface area contributed by atoms with Crippen molar-refractivity contribution in [1.29, 1.82) is 0 Å². The average molecular weight is 348 g/mol. The predicted molar refractivity (Wildman–Crippen MR) is 81.3 cm³/mol. The molecule has 134 valence electrons. The van der Waals surface area contributed by atoms with Crippen molar-refractivity contribution in [1.82, 2.24) is 5.32 Å². The van der Waals surface area contributed by atoms with E-state index in [9.17, 15) is 22.4 Å². The van der Waals surface area contributed by atoms with Gasteiger partial charge in [0, 0.05) is 30.8 Å². The Morgan fingerprint density at radius 2 is 2.00 bits per heavy atom. The maximum Gasteiger partial charge on any atom is 0.389 e. The molecule has 1 N–H and O–H groups in total. The Kier molecular flexibility index (Phi) is 6.04. The van der Waals surface area contributed by atoms with Gasteiger partial charge in [-0.1, -0.05) is 0 Å². The van der Waals surface area contributed by atoms with E-state index < -0.39 is 36.8 Å². The highest BCUT2D eigenvalue weighted by atomic mass is 19.4. The first-order valence-electron chi connectivity index (χ1n) is 7.74. The number of benzene rings is 1. The molecular weight excluding hydrogens is 328 g/mol. The van der Waals surface area contributed by atoms with Gasteiger partial charge in [0.2, 0.25) is 5.91 Å². The second-order valence-corrected chi connectivity index (χ2v) is 5.71. The third-order valence-corrected chi connectivity index (χ3v) is 3.82. The molecule has 0 radical (unpaired) electrons. The van der Waals surface area contributed by atoms with Gasteiger partial charge in [-0.2, -0.15) is 13.2 Å². The van der Waals surface area contributed by atoms with Gasteiger partial charge in [-0.3, -0.25) is 4.79 Å². The van der Waals surface area contributed by atoms with Gasteiger partial charge in [0.15, 0.2) is 0 Å². The van der Waals surface area contributed by atoms with Gasteiger partial charge in [-0.15, -0.1) is 0 Å². The summed E-state index contributed by atoms with van der Waals surface area (Å²) in [6, 6.07) is 3.65. The van der Waals surface area contributed by atoms with Crippen molar-refractivity contribution in [3.05, 3.63) is 29.6 Å². The van der Waals surface area contributed by atoms with E-state index >= 15 is 0 Å². The van der Waals surface area contributed by atoms with E-state index in [1.54, 1.807) is 13.0 Å². The van der Waals surface area contributed by atoms with Crippen LogP contribution in [0.4, 0.5) is 23.2 Å². The summed E-state index contributed by atoms with van der Waals surface area (Å²) in [5.41, 5.74) is 1.29. The van der Waals surface area contributed by atoms with Crippen molar-refractivity contribution in [2.45, 2.75) is 32.0 Å². The predicted octanol–water partition coefficient (Wildman–Crippen LogP) is 3.18. The first-order valence-corrected chi connectivity index (χ1v) is 7.74. The minimum absolute atomic E-state index is 0.460. The number of alkyl halides is 3. The van der Waals surface area contributed by atoms with E-state index in [1.807, 2.05) is 4.90 Å². The van der Waals surface area contributed by atoms with Gasteiger partial charge in [-0.05, 0) is 25.1 Å². The van der Waals surface area contributed by atoms with Gasteiger partial charge in [-0.25, -0.2) is 4.39 Å². The van der Waals surface area contributed by atoms with Crippen LogP contribution in [0.1, 0.15) is 31.4 Å². The second kappa shape index (κ2) is 7.83. The lowest BCUT2D eigenvalue weighted by Crippen LogP contribution is -2.37. The summed E-state index contributed by atoms with van der Waals surface area (Å²) in [4.78, 5) is 13.7. The van der Waals surface area contributed by atoms with Crippen LogP contribution in [-0.2, 0) is 9.53 Å². The van der Waals surface area contributed by atoms with Crippen molar-refractivity contribution >= 4 is 11.6 Å². The molecule has 1 heterocycles. The number of amides is 1. The molecule has 1 fully saturated rings. The van der Waals surface area contributed by atoms with E-state index in [2.05, 4.69) is 5.32 Å². The number of carbonyl (C=O) groups is 1. The standard InChI is InChI=1S/C16H20F4N2O2/c1-11(21-15(23)4-5-16(18,19)20)13-10-12(17)2-3-14(13)22-6-8-24-9-7-22/h2-3,10-11H,4-9H2,1H3,(H,21,23). The van der Waals surface area contributed by atoms with Crippen molar-refractivity contribution in [2.24, 2.45) is 0 Å². The number of rotatable bonds is 5. The molecular formula is C16H20F4N2O2. The Morgan fingerprint density at radius 1 is 1.33 bits per heavy atom. The maximum absolute atomic E-state index is 13.6. The van der Waals surface area contributed by atoms with Crippen LogP contribution in [0.3, 0.4) is 0 Å². The fourth-order valence-electron chi connectivity index (χ4n) is 2.61. The largest absolute Gasteiger partial charge is 0.389 e. The van der Waals surface area contributed by atoms with Gasteiger partial charge < -0.3 is 15.0 Å². The lowest BCUT2D eigenvalue weighted by Gasteiger charge is -2.32. The molecule has 0 aliphatic carbocycles. The zero-order valence-electron chi connectivity index (χ0n) is 13.3. The molecule has 1 aliphatic rings. The molecule has 2 rings (SSSR count). The van der Waals surface area contributed by atoms with E-state index in [0.717, 1.165) is 5.69 Å². The Labute approximate surface area is 137 Å². The summed E-state index contributed by atoms with van der Waals surface area (Å²) in [6.07, 6.45) is -6.19. The van der Waals surface area contributed by atoms with Crippen LogP contribution in [-0.4, -0.2) is 38.4 Å². The summed E-state index contributed by atoms with van der Waals surface area (Å²) >= 11 is 0. The van der Waals surface area contributed by atoms with Crippen molar-refractivity contribution in [3.63, 3.8) is 0 Å². The third kappa shape index (κ3) is 5.36. The Bertz CT molecular complexity index is 572. The Balaban J connectivity index is 2.08. The SMILES string of the molecule is CC(NC(=O)CCC(F)(F)F)c1cc(F)ccc1N1CCOCC1. The number of morpholine rings is 1. The van der Waals surface area contributed by atoms with Crippen molar-refractivity contribution < 1.29 is 27.1 Å². The number of hydrogen-bond acceptors (Lipinski definition) is 3. The molecule has 4 nitrogen and oxygen atoms in total. The molecule has 1 aliphatic heterocycles. The minimum atomic E-state index is -4.38. The zero-order valence-corrected chi connectivity index (χ0v) is 13.3. The number of carbonyl (C=O) groups excluding carboxylic acids is 1. The number of anilines is 1. The number of nitrogens with zero attached hydrogens (tertiary/aromatic N) is 1. The quantitative estimate of drug-likeness (QED) is 0.831. The fourth-order valence-corrected chi connectivity index (χ4v) is 2.61. The van der Waals surface area contributed by atoms with Crippen LogP contribution in [0.25, 0.3) is 0 Å². The number of nitrogens with one attached hydrogen (secondary N) is 1. The van der Waals surface area contributed by atoms with E-state index in [-0.39, 0.29) is 0 Å². The summed E-state index contributed by atoms with van der Waals surface area (Å²) in [5.74, 6) is -1.17. The third-order valence-electron chi connectivity index (χ3n) is 3.82. The molecule has 1 atom stereocenters. The maximum atomic E-state index is 13.6. The molecule has 8 heteroatoms. The summed E-state index contributed by atoms with van der Waals surface area (Å²) in [6.45, 7) is 3.98. The van der Waals surface area contributed by atoms with Crippen LogP contribution in [0.15, 0.2) is 18.2 Å². The average Bonchev–Trinajstić information content (AvgIpc) is 2.53. The second-order valence-electron chi connectivity index (χ2n) is 5.71. The van der Waals surface area contributed by atoms with E-state index in [0.29, 0.717) is 31.9 Å². The highest BCUT2D eigenvalue weighted by Gasteiger charge is 2.28. The molecule has 1 aromatic carbocycles. The molecule has 1 aromatic rings. The van der Waals surface area contributed by atoms with Gasteiger partial charge in [0.05, 0.1) is 25.7 Å². The van der Waals surface area contributed by atoms with Crippen LogP contribution in [0.5, 0.6) is 0 Å². The topological polar surface area (TPSA) is 41.6 Å². The number of ether oxygens (including phenoxy) is 1. The van der Waals surface area contributed by atoms with Gasteiger partial charge in [0.1, 0.15) is 5.82 Å². The molecule has 24 heavy (non-hydrogen) atoms. The summed E-state index contributed by atoms with van der Waals surface area (Å²) in [5, 5.41) is 2.51. The Hall–Kier alpha value is -1.83. The zero-order chi connectivity index (χ0) is 17.7. The number of hydrogen-bond donors (Lipinski definition) is 1. The molecule has 1 unspecified atom stereocenters. The molecule has 0 bridgehead atoms. The first kappa shape index (κ1) is 18.5. The van der Waals surface area contributed by atoms with Crippen LogP contribution < -0.4 is 10.2 Å². The molecule has 0 aromatic heterocycles. The fraction of sp³-hybridized carbons (Fsp3) is 0.562. The molecule has 0 saturated carbocycles. The normalized spacial score (nSPS) is 16.8. The first-order chi connectivity index (χ1) is 11.3. The van der Waals surface area contributed by atoms with Crippen LogP contribution in [0.2, 0.25) is 0 Å². The minimum Gasteiger partial charge on any atom is -0.378 e. The molecule has 1 saturated heterocycles. The lowest BCUT2D eigenvalue weighted by molar-refractivity contribution is -0.144. The summed E-state index contributed by atoms with van der Waals surface area (Å²) < 4.78 is 55.5. The van der Waals surface area contributed by atoms with Crippen LogP contribution in [0, 0.1) is 5.82 Å². The highest BCUT2D eigenvalue weighted by Crippen LogP contribution is 2.28. The van der Waals surface area contributed by atoms with Crippen molar-refractivity contribution in [2.75, 3.05) is 31.2 Å². The van der Waals surface area contributed by atoms with Gasteiger partial charge in [0.25, 0.3) is 0 Å². The monoisotopic (exact) mass is 348 g/mol. The smallest absolute Gasteiger partial charge is 0.378 e. The lowest BCUT2D eigenvalue weighted by atomic mass is 10.0. The highest BCUT2D eigenvalue weighted by molar-refractivity contribution is 5.76.